The summed E-state index contributed by atoms with van der Waals surface area (Å²) in [5.74, 6) is 1.69. The highest BCUT2D eigenvalue weighted by Crippen LogP contribution is 2.35. The molecule has 0 radical (unpaired) electrons. The average molecular weight is 376 g/mol. The average Bonchev–Trinajstić information content (AvgIpc) is 2.70. The van der Waals surface area contributed by atoms with E-state index in [0.717, 1.165) is 18.5 Å². The molecule has 150 valence electrons. The Kier molecular flexibility index (Phi) is 8.45. The first-order valence-electron chi connectivity index (χ1n) is 9.59. The fourth-order valence-corrected chi connectivity index (χ4v) is 3.39. The molecule has 0 unspecified atom stereocenters. The van der Waals surface area contributed by atoms with Crippen molar-refractivity contribution in [2.75, 3.05) is 41.0 Å². The number of piperidine rings is 1. The molecule has 1 aromatic carbocycles. The maximum Gasteiger partial charge on any atom is 0.244 e. The van der Waals surface area contributed by atoms with Gasteiger partial charge in [-0.1, -0.05) is 6.42 Å². The van der Waals surface area contributed by atoms with Crippen LogP contribution in [0.3, 0.4) is 0 Å². The van der Waals surface area contributed by atoms with Crippen molar-refractivity contribution in [3.8, 4) is 17.2 Å². The van der Waals surface area contributed by atoms with Crippen molar-refractivity contribution in [2.24, 2.45) is 0 Å². The predicted octanol–water partition coefficient (Wildman–Crippen LogP) is 3.11. The maximum absolute atomic E-state index is 12.1. The predicted molar refractivity (Wildman–Crippen MR) is 108 cm³/mol. The minimum absolute atomic E-state index is 0.112. The molecule has 0 bridgehead atoms. The Labute approximate surface area is 162 Å². The molecule has 1 aromatic rings. The smallest absolute Gasteiger partial charge is 0.244 e. The van der Waals surface area contributed by atoms with Gasteiger partial charge in [-0.25, -0.2) is 0 Å². The molecule has 0 aliphatic carbocycles. The Morgan fingerprint density at radius 2 is 1.85 bits per heavy atom. The van der Waals surface area contributed by atoms with Crippen LogP contribution >= 0.6 is 0 Å². The van der Waals surface area contributed by atoms with E-state index in [4.69, 9.17) is 14.2 Å². The molecule has 0 spiro atoms. The summed E-state index contributed by atoms with van der Waals surface area (Å²) in [6.45, 7) is 5.18. The molecule has 1 saturated heterocycles. The number of benzene rings is 1. The van der Waals surface area contributed by atoms with Crippen LogP contribution in [0.15, 0.2) is 18.2 Å². The van der Waals surface area contributed by atoms with Gasteiger partial charge in [-0.05, 0) is 44.9 Å². The first kappa shape index (κ1) is 21.1. The van der Waals surface area contributed by atoms with E-state index in [0.29, 0.717) is 29.8 Å². The lowest BCUT2D eigenvalue weighted by atomic mass is 10.0. The maximum atomic E-state index is 12.1. The molecule has 1 fully saturated rings. The summed E-state index contributed by atoms with van der Waals surface area (Å²) in [6.07, 6.45) is 8.10. The van der Waals surface area contributed by atoms with Crippen molar-refractivity contribution >= 4 is 12.0 Å². The summed E-state index contributed by atoms with van der Waals surface area (Å²) >= 11 is 0. The number of hydrogen-bond donors (Lipinski definition) is 1. The van der Waals surface area contributed by atoms with Crippen LogP contribution in [0.1, 0.15) is 38.2 Å². The van der Waals surface area contributed by atoms with E-state index in [9.17, 15) is 4.79 Å². The summed E-state index contributed by atoms with van der Waals surface area (Å²) in [4.78, 5) is 14.6. The largest absolute Gasteiger partial charge is 0.496 e. The van der Waals surface area contributed by atoms with Crippen LogP contribution in [-0.4, -0.2) is 57.8 Å². The molecule has 1 aliphatic rings. The van der Waals surface area contributed by atoms with Crippen molar-refractivity contribution < 1.29 is 19.0 Å². The van der Waals surface area contributed by atoms with Gasteiger partial charge in [-0.2, -0.15) is 0 Å². The lowest BCUT2D eigenvalue weighted by Gasteiger charge is -2.33. The number of hydrogen-bond acceptors (Lipinski definition) is 5. The SMILES string of the molecule is COc1cc(OC)c(OC)cc1/C=C/C(=O)NCCCN1CCCC[C@H]1C. The highest BCUT2D eigenvalue weighted by Gasteiger charge is 2.17. The zero-order valence-electron chi connectivity index (χ0n) is 16.9. The summed E-state index contributed by atoms with van der Waals surface area (Å²) in [6, 6.07) is 4.20. The zero-order chi connectivity index (χ0) is 19.6. The van der Waals surface area contributed by atoms with Gasteiger partial charge in [0.15, 0.2) is 11.5 Å². The molecular weight excluding hydrogens is 344 g/mol. The molecule has 1 N–H and O–H groups in total. The summed E-state index contributed by atoms with van der Waals surface area (Å²) in [5, 5.41) is 2.95. The molecule has 1 heterocycles. The van der Waals surface area contributed by atoms with Crippen molar-refractivity contribution in [3.63, 3.8) is 0 Å². The third-order valence-corrected chi connectivity index (χ3v) is 5.01. The Bertz CT molecular complexity index is 645. The van der Waals surface area contributed by atoms with E-state index in [1.165, 1.54) is 31.9 Å². The number of amides is 1. The van der Waals surface area contributed by atoms with E-state index >= 15 is 0 Å². The van der Waals surface area contributed by atoms with Gasteiger partial charge < -0.3 is 24.4 Å². The summed E-state index contributed by atoms with van der Waals surface area (Å²) in [5.41, 5.74) is 0.757. The Morgan fingerprint density at radius 1 is 1.15 bits per heavy atom. The van der Waals surface area contributed by atoms with Crippen molar-refractivity contribution in [3.05, 3.63) is 23.8 Å². The third kappa shape index (κ3) is 6.17. The lowest BCUT2D eigenvalue weighted by molar-refractivity contribution is -0.116. The number of methoxy groups -OCH3 is 3. The second kappa shape index (κ2) is 10.8. The molecule has 27 heavy (non-hydrogen) atoms. The van der Waals surface area contributed by atoms with E-state index in [-0.39, 0.29) is 5.91 Å². The fourth-order valence-electron chi connectivity index (χ4n) is 3.39. The van der Waals surface area contributed by atoms with E-state index in [1.54, 1.807) is 39.5 Å². The molecule has 6 nitrogen and oxygen atoms in total. The topological polar surface area (TPSA) is 60.0 Å². The standard InChI is InChI=1S/C21H32N2O4/c1-16-8-5-6-12-23(16)13-7-11-22-21(24)10-9-17-14-19(26-3)20(27-4)15-18(17)25-2/h9-10,14-16H,5-8,11-13H2,1-4H3,(H,22,24)/b10-9+/t16-/m1/s1. The minimum Gasteiger partial charge on any atom is -0.496 e. The van der Waals surface area contributed by atoms with Crippen molar-refractivity contribution in [2.45, 2.75) is 38.6 Å². The van der Waals surface area contributed by atoms with Crippen LogP contribution < -0.4 is 19.5 Å². The summed E-state index contributed by atoms with van der Waals surface area (Å²) < 4.78 is 16.0. The number of likely N-dealkylation sites (tertiary alicyclic amines) is 1. The van der Waals surface area contributed by atoms with E-state index < -0.39 is 0 Å². The minimum atomic E-state index is -0.112. The number of carbonyl (C=O) groups is 1. The van der Waals surface area contributed by atoms with Gasteiger partial charge >= 0.3 is 0 Å². The van der Waals surface area contributed by atoms with Gasteiger partial charge in [-0.15, -0.1) is 0 Å². The first-order valence-corrected chi connectivity index (χ1v) is 9.59. The van der Waals surface area contributed by atoms with Crippen LogP contribution in [-0.2, 0) is 4.79 Å². The molecular formula is C21H32N2O4. The first-order chi connectivity index (χ1) is 13.1. The summed E-state index contributed by atoms with van der Waals surface area (Å²) in [7, 11) is 4.73. The van der Waals surface area contributed by atoms with Gasteiger partial charge in [0, 0.05) is 36.8 Å². The second-order valence-corrected chi connectivity index (χ2v) is 6.81. The van der Waals surface area contributed by atoms with Gasteiger partial charge in [0.2, 0.25) is 5.91 Å². The van der Waals surface area contributed by atoms with Crippen LogP contribution in [0, 0.1) is 0 Å². The van der Waals surface area contributed by atoms with E-state index in [1.807, 2.05) is 0 Å². The number of nitrogens with zero attached hydrogens (tertiary/aromatic N) is 1. The number of nitrogens with one attached hydrogen (secondary N) is 1. The molecule has 1 amide bonds. The molecule has 1 atom stereocenters. The Balaban J connectivity index is 1.85. The zero-order valence-corrected chi connectivity index (χ0v) is 16.9. The number of carbonyl (C=O) groups excluding carboxylic acids is 1. The van der Waals surface area contributed by atoms with Crippen LogP contribution in [0.5, 0.6) is 17.2 Å². The fraction of sp³-hybridized carbons (Fsp3) is 0.571. The molecule has 2 rings (SSSR count). The Morgan fingerprint density at radius 3 is 2.52 bits per heavy atom. The van der Waals surface area contributed by atoms with Crippen molar-refractivity contribution in [1.82, 2.24) is 10.2 Å². The highest BCUT2D eigenvalue weighted by molar-refractivity contribution is 5.92. The second-order valence-electron chi connectivity index (χ2n) is 6.81. The quantitative estimate of drug-likeness (QED) is 0.530. The Hall–Kier alpha value is -2.21. The molecule has 0 aromatic heterocycles. The van der Waals surface area contributed by atoms with Gasteiger partial charge in [0.1, 0.15) is 5.75 Å². The molecule has 6 heteroatoms. The monoisotopic (exact) mass is 376 g/mol. The van der Waals surface area contributed by atoms with Crippen LogP contribution in [0.4, 0.5) is 0 Å². The van der Waals surface area contributed by atoms with E-state index in [2.05, 4.69) is 17.1 Å². The normalized spacial score (nSPS) is 17.7. The van der Waals surface area contributed by atoms with Crippen LogP contribution in [0.2, 0.25) is 0 Å². The van der Waals surface area contributed by atoms with Crippen molar-refractivity contribution in [1.29, 1.82) is 0 Å². The number of ether oxygens (including phenoxy) is 3. The third-order valence-electron chi connectivity index (χ3n) is 5.01. The highest BCUT2D eigenvalue weighted by atomic mass is 16.5. The lowest BCUT2D eigenvalue weighted by Crippen LogP contribution is -2.39. The van der Waals surface area contributed by atoms with Gasteiger partial charge in [0.05, 0.1) is 21.3 Å². The molecule has 1 aliphatic heterocycles. The van der Waals surface area contributed by atoms with Crippen LogP contribution in [0.25, 0.3) is 6.08 Å². The number of rotatable bonds is 9. The molecule has 0 saturated carbocycles. The van der Waals surface area contributed by atoms with Gasteiger partial charge in [0.25, 0.3) is 0 Å². The van der Waals surface area contributed by atoms with Gasteiger partial charge in [-0.3, -0.25) is 4.79 Å².